The van der Waals surface area contributed by atoms with E-state index in [4.69, 9.17) is 9.84 Å². The number of aromatic carboxylic acids is 1. The first-order valence-electron chi connectivity index (χ1n) is 5.80. The summed E-state index contributed by atoms with van der Waals surface area (Å²) in [5.41, 5.74) is 2.02. The van der Waals surface area contributed by atoms with E-state index >= 15 is 0 Å². The van der Waals surface area contributed by atoms with E-state index < -0.39 is 5.97 Å². The molecule has 0 bridgehead atoms. The highest BCUT2D eigenvalue weighted by molar-refractivity contribution is 7.10. The van der Waals surface area contributed by atoms with E-state index in [1.165, 1.54) is 10.4 Å². The average molecular weight is 277 g/mol. The number of carbonyl (C=O) groups is 1. The van der Waals surface area contributed by atoms with Gasteiger partial charge in [-0.1, -0.05) is 0 Å². The molecule has 1 heterocycles. The Morgan fingerprint density at radius 2 is 2.21 bits per heavy atom. The minimum Gasteiger partial charge on any atom is -0.497 e. The number of ether oxygens (including phenoxy) is 1. The molecular formula is C14H15NO3S. The Morgan fingerprint density at radius 3 is 2.79 bits per heavy atom. The molecule has 2 aromatic rings. The molecule has 0 atom stereocenters. The lowest BCUT2D eigenvalue weighted by Crippen LogP contribution is -2.06. The Morgan fingerprint density at radius 1 is 1.42 bits per heavy atom. The Hall–Kier alpha value is -2.01. The van der Waals surface area contributed by atoms with Crippen LogP contribution in [0.3, 0.4) is 0 Å². The maximum atomic E-state index is 11.2. The van der Waals surface area contributed by atoms with Crippen LogP contribution in [0.4, 0.5) is 5.69 Å². The zero-order chi connectivity index (χ0) is 13.8. The second-order valence-corrected chi connectivity index (χ2v) is 5.10. The number of carboxylic acids is 1. The highest BCUT2D eigenvalue weighted by Crippen LogP contribution is 2.24. The first-order valence-corrected chi connectivity index (χ1v) is 6.68. The van der Waals surface area contributed by atoms with E-state index in [2.05, 4.69) is 5.32 Å². The molecule has 19 heavy (non-hydrogen) atoms. The van der Waals surface area contributed by atoms with Crippen molar-refractivity contribution in [3.05, 3.63) is 45.6 Å². The van der Waals surface area contributed by atoms with Crippen LogP contribution in [-0.4, -0.2) is 18.2 Å². The molecule has 5 heteroatoms. The van der Waals surface area contributed by atoms with Crippen molar-refractivity contribution in [3.8, 4) is 5.75 Å². The van der Waals surface area contributed by atoms with Crippen LogP contribution < -0.4 is 10.1 Å². The minimum atomic E-state index is -0.951. The average Bonchev–Trinajstić information content (AvgIpc) is 2.81. The van der Waals surface area contributed by atoms with Gasteiger partial charge in [-0.05, 0) is 36.1 Å². The molecule has 4 nitrogen and oxygen atoms in total. The van der Waals surface area contributed by atoms with Gasteiger partial charge in [0.05, 0.1) is 18.4 Å². The number of anilines is 1. The lowest BCUT2D eigenvalue weighted by molar-refractivity contribution is 0.0698. The molecular weight excluding hydrogens is 262 g/mol. The first-order chi connectivity index (χ1) is 9.11. The van der Waals surface area contributed by atoms with Crippen molar-refractivity contribution in [3.63, 3.8) is 0 Å². The molecule has 2 rings (SSSR count). The largest absolute Gasteiger partial charge is 0.497 e. The van der Waals surface area contributed by atoms with Crippen LogP contribution in [0.1, 0.15) is 20.8 Å². The van der Waals surface area contributed by atoms with E-state index in [1.54, 1.807) is 36.6 Å². The van der Waals surface area contributed by atoms with Crippen LogP contribution in [0.5, 0.6) is 5.75 Å². The summed E-state index contributed by atoms with van der Waals surface area (Å²) in [4.78, 5) is 12.4. The van der Waals surface area contributed by atoms with E-state index in [1.807, 2.05) is 18.4 Å². The second kappa shape index (κ2) is 5.75. The fraction of sp³-hybridized carbons (Fsp3) is 0.214. The van der Waals surface area contributed by atoms with Crippen molar-refractivity contribution in [2.45, 2.75) is 13.5 Å². The van der Waals surface area contributed by atoms with Gasteiger partial charge in [0.15, 0.2) is 0 Å². The lowest BCUT2D eigenvalue weighted by Gasteiger charge is -2.11. The molecule has 0 saturated carbocycles. The van der Waals surface area contributed by atoms with Crippen molar-refractivity contribution in [1.82, 2.24) is 0 Å². The zero-order valence-electron chi connectivity index (χ0n) is 10.8. The van der Waals surface area contributed by atoms with E-state index in [0.29, 0.717) is 18.0 Å². The number of hydrogen-bond acceptors (Lipinski definition) is 4. The van der Waals surface area contributed by atoms with Gasteiger partial charge in [-0.15, -0.1) is 11.3 Å². The molecule has 0 spiro atoms. The maximum Gasteiger partial charge on any atom is 0.337 e. The summed E-state index contributed by atoms with van der Waals surface area (Å²) in [6.07, 6.45) is 0. The topological polar surface area (TPSA) is 58.6 Å². The third-order valence-corrected chi connectivity index (χ3v) is 3.89. The second-order valence-electron chi connectivity index (χ2n) is 4.10. The molecule has 100 valence electrons. The Bertz CT molecular complexity index is 592. The first kappa shape index (κ1) is 13.4. The molecule has 2 N–H and O–H groups in total. The zero-order valence-corrected chi connectivity index (χ0v) is 11.6. The van der Waals surface area contributed by atoms with Crippen molar-refractivity contribution >= 4 is 23.0 Å². The molecule has 1 aromatic heterocycles. The minimum absolute atomic E-state index is 0.245. The molecule has 0 radical (unpaired) electrons. The van der Waals surface area contributed by atoms with Crippen molar-refractivity contribution in [2.75, 3.05) is 12.4 Å². The predicted octanol–water partition coefficient (Wildman–Crippen LogP) is 3.38. The number of rotatable bonds is 5. The Balaban J connectivity index is 2.22. The third-order valence-electron chi connectivity index (χ3n) is 2.86. The SMILES string of the molecule is COc1ccc(C(=O)O)c(NCc2sccc2C)c1. The molecule has 0 aliphatic rings. The fourth-order valence-corrected chi connectivity index (χ4v) is 2.59. The molecule has 0 fully saturated rings. The van der Waals surface area contributed by atoms with Gasteiger partial charge in [0.2, 0.25) is 0 Å². The molecule has 0 amide bonds. The van der Waals surface area contributed by atoms with Gasteiger partial charge < -0.3 is 15.2 Å². The molecule has 0 saturated heterocycles. The maximum absolute atomic E-state index is 11.2. The Labute approximate surface area is 115 Å². The summed E-state index contributed by atoms with van der Waals surface area (Å²) in [6.45, 7) is 2.65. The van der Waals surface area contributed by atoms with Crippen molar-refractivity contribution in [1.29, 1.82) is 0 Å². The van der Waals surface area contributed by atoms with Gasteiger partial charge in [0.25, 0.3) is 0 Å². The van der Waals surface area contributed by atoms with Crippen LogP contribution in [0, 0.1) is 6.92 Å². The van der Waals surface area contributed by atoms with Crippen LogP contribution in [0.2, 0.25) is 0 Å². The van der Waals surface area contributed by atoms with Crippen LogP contribution >= 0.6 is 11.3 Å². The standard InChI is InChI=1S/C14H15NO3S/c1-9-5-6-19-13(9)8-15-12-7-10(18-2)3-4-11(12)14(16)17/h3-7,15H,8H2,1-2H3,(H,16,17). The van der Waals surface area contributed by atoms with Gasteiger partial charge in [0.1, 0.15) is 5.75 Å². The van der Waals surface area contributed by atoms with Crippen molar-refractivity contribution < 1.29 is 14.6 Å². The van der Waals surface area contributed by atoms with Crippen LogP contribution in [0.15, 0.2) is 29.6 Å². The van der Waals surface area contributed by atoms with E-state index in [9.17, 15) is 4.79 Å². The summed E-state index contributed by atoms with van der Waals surface area (Å²) in [5, 5.41) is 14.3. The number of thiophene rings is 1. The lowest BCUT2D eigenvalue weighted by atomic mass is 10.1. The van der Waals surface area contributed by atoms with Crippen molar-refractivity contribution in [2.24, 2.45) is 0 Å². The van der Waals surface area contributed by atoms with E-state index in [-0.39, 0.29) is 5.56 Å². The fourth-order valence-electron chi connectivity index (χ4n) is 1.74. The summed E-state index contributed by atoms with van der Waals surface area (Å²) < 4.78 is 5.12. The van der Waals surface area contributed by atoms with Gasteiger partial charge in [-0.2, -0.15) is 0 Å². The number of methoxy groups -OCH3 is 1. The highest BCUT2D eigenvalue weighted by Gasteiger charge is 2.11. The van der Waals surface area contributed by atoms with Crippen LogP contribution in [0.25, 0.3) is 0 Å². The number of hydrogen-bond donors (Lipinski definition) is 2. The molecule has 0 unspecified atom stereocenters. The number of carboxylic acid groups (broad SMARTS) is 1. The van der Waals surface area contributed by atoms with Crippen LogP contribution in [-0.2, 0) is 6.54 Å². The normalized spacial score (nSPS) is 10.2. The summed E-state index contributed by atoms with van der Waals surface area (Å²) in [7, 11) is 1.56. The number of aryl methyl sites for hydroxylation is 1. The summed E-state index contributed by atoms with van der Waals surface area (Å²) in [5.74, 6) is -0.316. The molecule has 1 aromatic carbocycles. The highest BCUT2D eigenvalue weighted by atomic mass is 32.1. The Kier molecular flexibility index (Phi) is 4.06. The third kappa shape index (κ3) is 3.06. The number of nitrogens with one attached hydrogen (secondary N) is 1. The quantitative estimate of drug-likeness (QED) is 0.879. The van der Waals surface area contributed by atoms with Gasteiger partial charge in [0, 0.05) is 17.5 Å². The number of benzene rings is 1. The monoisotopic (exact) mass is 277 g/mol. The molecule has 0 aliphatic heterocycles. The summed E-state index contributed by atoms with van der Waals surface area (Å²) >= 11 is 1.65. The van der Waals surface area contributed by atoms with E-state index in [0.717, 1.165) is 0 Å². The smallest absolute Gasteiger partial charge is 0.337 e. The predicted molar refractivity (Wildman–Crippen MR) is 76.3 cm³/mol. The summed E-state index contributed by atoms with van der Waals surface area (Å²) in [6, 6.07) is 6.94. The van der Waals surface area contributed by atoms with Gasteiger partial charge in [-0.3, -0.25) is 0 Å². The van der Waals surface area contributed by atoms with Gasteiger partial charge >= 0.3 is 5.97 Å². The van der Waals surface area contributed by atoms with Gasteiger partial charge in [-0.25, -0.2) is 4.79 Å². The molecule has 0 aliphatic carbocycles.